The van der Waals surface area contributed by atoms with Gasteiger partial charge in [0.15, 0.2) is 0 Å². The van der Waals surface area contributed by atoms with Gasteiger partial charge in [0.1, 0.15) is 11.9 Å². The van der Waals surface area contributed by atoms with Crippen molar-refractivity contribution in [3.63, 3.8) is 0 Å². The molecule has 2 aromatic rings. The molecule has 21 heavy (non-hydrogen) atoms. The zero-order valence-corrected chi connectivity index (χ0v) is 13.3. The SMILES string of the molecule is Cc1cc(S(=O)(=O)NC[C@@H](O)c2sccc2C)ccc1F. The average Bonchev–Trinajstić information content (AvgIpc) is 2.85. The van der Waals surface area contributed by atoms with Gasteiger partial charge >= 0.3 is 0 Å². The summed E-state index contributed by atoms with van der Waals surface area (Å²) in [5.41, 5.74) is 1.18. The molecular weight excluding hydrogens is 313 g/mol. The highest BCUT2D eigenvalue weighted by Crippen LogP contribution is 2.23. The Labute approximate surface area is 127 Å². The molecular formula is C14H16FNO3S2. The van der Waals surface area contributed by atoms with Gasteiger partial charge in [0.2, 0.25) is 10.0 Å². The number of rotatable bonds is 5. The van der Waals surface area contributed by atoms with Crippen molar-refractivity contribution in [1.82, 2.24) is 4.72 Å². The number of hydrogen-bond donors (Lipinski definition) is 2. The molecule has 2 rings (SSSR count). The predicted octanol–water partition coefficient (Wildman–Crippen LogP) is 2.52. The lowest BCUT2D eigenvalue weighted by Crippen LogP contribution is -2.28. The highest BCUT2D eigenvalue weighted by atomic mass is 32.2. The fourth-order valence-corrected chi connectivity index (χ4v) is 3.91. The first-order chi connectivity index (χ1) is 9.81. The standard InChI is InChI=1S/C14H16FNO3S2/c1-9-5-6-20-14(9)13(17)8-16-21(18,19)11-3-4-12(15)10(2)7-11/h3-7,13,16-17H,8H2,1-2H3/t13-/m1/s1. The second-order valence-corrected chi connectivity index (χ2v) is 7.46. The average molecular weight is 329 g/mol. The number of benzene rings is 1. The van der Waals surface area contributed by atoms with E-state index in [0.717, 1.165) is 16.5 Å². The lowest BCUT2D eigenvalue weighted by Gasteiger charge is -2.12. The highest BCUT2D eigenvalue weighted by Gasteiger charge is 2.19. The summed E-state index contributed by atoms with van der Waals surface area (Å²) in [5, 5.41) is 11.9. The van der Waals surface area contributed by atoms with E-state index in [1.165, 1.54) is 30.4 Å². The van der Waals surface area contributed by atoms with E-state index < -0.39 is 21.9 Å². The Morgan fingerprint density at radius 2 is 2.00 bits per heavy atom. The summed E-state index contributed by atoms with van der Waals surface area (Å²) in [4.78, 5) is 0.712. The van der Waals surface area contributed by atoms with Crippen LogP contribution >= 0.6 is 11.3 Å². The van der Waals surface area contributed by atoms with Crippen LogP contribution in [0, 0.1) is 19.7 Å². The number of halogens is 1. The van der Waals surface area contributed by atoms with Gasteiger partial charge in [-0.1, -0.05) is 0 Å². The van der Waals surface area contributed by atoms with Gasteiger partial charge < -0.3 is 5.11 Å². The van der Waals surface area contributed by atoms with E-state index in [0.29, 0.717) is 0 Å². The van der Waals surface area contributed by atoms with Crippen LogP contribution in [0.5, 0.6) is 0 Å². The Hall–Kier alpha value is -1.28. The molecule has 4 nitrogen and oxygen atoms in total. The monoisotopic (exact) mass is 329 g/mol. The minimum absolute atomic E-state index is 0.0171. The summed E-state index contributed by atoms with van der Waals surface area (Å²) in [7, 11) is -3.77. The van der Waals surface area contributed by atoms with Crippen LogP contribution in [0.15, 0.2) is 34.5 Å². The van der Waals surface area contributed by atoms with Gasteiger partial charge in [0, 0.05) is 11.4 Å². The smallest absolute Gasteiger partial charge is 0.240 e. The van der Waals surface area contributed by atoms with Crippen LogP contribution in [-0.4, -0.2) is 20.1 Å². The second kappa shape index (κ2) is 6.23. The molecule has 0 unspecified atom stereocenters. The Morgan fingerprint density at radius 1 is 1.29 bits per heavy atom. The topological polar surface area (TPSA) is 66.4 Å². The number of hydrogen-bond acceptors (Lipinski definition) is 4. The molecule has 1 aromatic heterocycles. The Bertz CT molecular complexity index is 740. The highest BCUT2D eigenvalue weighted by molar-refractivity contribution is 7.89. The Balaban J connectivity index is 2.11. The molecule has 0 aliphatic rings. The number of thiophene rings is 1. The lowest BCUT2D eigenvalue weighted by atomic mass is 10.2. The Morgan fingerprint density at radius 3 is 2.57 bits per heavy atom. The van der Waals surface area contributed by atoms with Crippen molar-refractivity contribution in [2.45, 2.75) is 24.8 Å². The van der Waals surface area contributed by atoms with E-state index >= 15 is 0 Å². The molecule has 1 atom stereocenters. The number of nitrogens with one attached hydrogen (secondary N) is 1. The van der Waals surface area contributed by atoms with Crippen molar-refractivity contribution in [3.05, 3.63) is 51.5 Å². The van der Waals surface area contributed by atoms with Gasteiger partial charge in [-0.3, -0.25) is 0 Å². The van der Waals surface area contributed by atoms with Crippen LogP contribution in [-0.2, 0) is 10.0 Å². The van der Waals surface area contributed by atoms with Crippen LogP contribution in [0.4, 0.5) is 4.39 Å². The maximum Gasteiger partial charge on any atom is 0.240 e. The van der Waals surface area contributed by atoms with Gasteiger partial charge in [-0.05, 0) is 54.6 Å². The van der Waals surface area contributed by atoms with Crippen molar-refractivity contribution in [1.29, 1.82) is 0 Å². The van der Waals surface area contributed by atoms with E-state index in [2.05, 4.69) is 4.72 Å². The van der Waals surface area contributed by atoms with E-state index in [4.69, 9.17) is 0 Å². The molecule has 114 valence electrons. The van der Waals surface area contributed by atoms with Crippen LogP contribution < -0.4 is 4.72 Å². The largest absolute Gasteiger partial charge is 0.386 e. The molecule has 1 heterocycles. The number of aliphatic hydroxyl groups is 1. The van der Waals surface area contributed by atoms with Crippen molar-refractivity contribution >= 4 is 21.4 Å². The molecule has 0 bridgehead atoms. The number of aryl methyl sites for hydroxylation is 2. The maximum atomic E-state index is 13.2. The van der Waals surface area contributed by atoms with Gasteiger partial charge in [-0.25, -0.2) is 17.5 Å². The van der Waals surface area contributed by atoms with Crippen molar-refractivity contribution in [3.8, 4) is 0 Å². The minimum atomic E-state index is -3.77. The molecule has 0 aliphatic heterocycles. The summed E-state index contributed by atoms with van der Waals surface area (Å²) in [6.07, 6.45) is -0.902. The second-order valence-electron chi connectivity index (χ2n) is 4.75. The third kappa shape index (κ3) is 3.68. The fraction of sp³-hybridized carbons (Fsp3) is 0.286. The summed E-state index contributed by atoms with van der Waals surface area (Å²) in [5.74, 6) is -0.455. The van der Waals surface area contributed by atoms with Gasteiger partial charge in [-0.2, -0.15) is 0 Å². The van der Waals surface area contributed by atoms with Gasteiger partial charge in [0.25, 0.3) is 0 Å². The molecule has 0 radical (unpaired) electrons. The zero-order valence-electron chi connectivity index (χ0n) is 11.6. The summed E-state index contributed by atoms with van der Waals surface area (Å²) >= 11 is 1.37. The van der Waals surface area contributed by atoms with E-state index in [1.54, 1.807) is 0 Å². The summed E-state index contributed by atoms with van der Waals surface area (Å²) < 4.78 is 39.7. The molecule has 7 heteroatoms. The van der Waals surface area contributed by atoms with Crippen LogP contribution in [0.25, 0.3) is 0 Å². The first-order valence-electron chi connectivity index (χ1n) is 6.29. The van der Waals surface area contributed by atoms with Crippen LogP contribution in [0.1, 0.15) is 22.1 Å². The quantitative estimate of drug-likeness (QED) is 0.886. The zero-order chi connectivity index (χ0) is 15.6. The van der Waals surface area contributed by atoms with E-state index in [1.807, 2.05) is 18.4 Å². The number of aliphatic hydroxyl groups excluding tert-OH is 1. The molecule has 1 aromatic carbocycles. The fourth-order valence-electron chi connectivity index (χ4n) is 1.87. The molecule has 0 fully saturated rings. The first kappa shape index (κ1) is 16.1. The molecule has 0 amide bonds. The van der Waals surface area contributed by atoms with E-state index in [-0.39, 0.29) is 17.0 Å². The van der Waals surface area contributed by atoms with Crippen molar-refractivity contribution < 1.29 is 17.9 Å². The lowest BCUT2D eigenvalue weighted by molar-refractivity contribution is 0.185. The first-order valence-corrected chi connectivity index (χ1v) is 8.65. The third-order valence-corrected chi connectivity index (χ3v) is 5.65. The van der Waals surface area contributed by atoms with Crippen LogP contribution in [0.3, 0.4) is 0 Å². The number of sulfonamides is 1. The normalized spacial score (nSPS) is 13.3. The molecule has 0 aliphatic carbocycles. The van der Waals surface area contributed by atoms with E-state index in [9.17, 15) is 17.9 Å². The molecule has 0 saturated heterocycles. The maximum absolute atomic E-state index is 13.2. The summed E-state index contributed by atoms with van der Waals surface area (Å²) in [6, 6.07) is 5.44. The Kier molecular flexibility index (Phi) is 4.77. The molecule has 0 spiro atoms. The third-order valence-electron chi connectivity index (χ3n) is 3.11. The van der Waals surface area contributed by atoms with Crippen molar-refractivity contribution in [2.24, 2.45) is 0 Å². The molecule has 0 saturated carbocycles. The van der Waals surface area contributed by atoms with Gasteiger partial charge in [-0.15, -0.1) is 11.3 Å². The minimum Gasteiger partial charge on any atom is -0.386 e. The van der Waals surface area contributed by atoms with Crippen LogP contribution in [0.2, 0.25) is 0 Å². The molecule has 2 N–H and O–H groups in total. The summed E-state index contributed by atoms with van der Waals surface area (Å²) in [6.45, 7) is 3.23. The van der Waals surface area contributed by atoms with Crippen molar-refractivity contribution in [2.75, 3.05) is 6.54 Å². The predicted molar refractivity (Wildman–Crippen MR) is 80.3 cm³/mol. The van der Waals surface area contributed by atoms with Gasteiger partial charge in [0.05, 0.1) is 4.90 Å².